The molecule has 36 heavy (non-hydrogen) atoms. The summed E-state index contributed by atoms with van der Waals surface area (Å²) in [7, 11) is -8.05. The van der Waals surface area contributed by atoms with Crippen molar-refractivity contribution < 1.29 is 40.2 Å². The average Bonchev–Trinajstić information content (AvgIpc) is 2.77. The van der Waals surface area contributed by atoms with Crippen molar-refractivity contribution in [3.8, 4) is 5.75 Å². The van der Waals surface area contributed by atoms with Crippen molar-refractivity contribution in [3.05, 3.63) is 86.5 Å². The van der Waals surface area contributed by atoms with E-state index in [4.69, 9.17) is 4.74 Å². The van der Waals surface area contributed by atoms with Crippen molar-refractivity contribution in [2.45, 2.75) is 9.79 Å². The fraction of sp³-hybridized carbons (Fsp3) is 0.0526. The highest BCUT2D eigenvalue weighted by Gasteiger charge is 2.26. The van der Waals surface area contributed by atoms with Crippen LogP contribution in [0.25, 0.3) is 0 Å². The van der Waals surface area contributed by atoms with Gasteiger partial charge in [0, 0.05) is 24.3 Å². The highest BCUT2D eigenvalue weighted by Crippen LogP contribution is 2.31. The van der Waals surface area contributed by atoms with Gasteiger partial charge in [-0.2, -0.15) is 8.78 Å². The minimum Gasteiger partial charge on any atom is -0.495 e. The summed E-state index contributed by atoms with van der Waals surface area (Å²) in [5.41, 5.74) is -2.55. The van der Waals surface area contributed by atoms with Crippen LogP contribution in [0.3, 0.4) is 0 Å². The molecule has 3 aromatic rings. The Balaban J connectivity index is 1.97. The van der Waals surface area contributed by atoms with Crippen LogP contribution in [0.2, 0.25) is 0 Å². The molecule has 13 nitrogen and oxygen atoms in total. The molecule has 3 aromatic carbocycles. The van der Waals surface area contributed by atoms with Gasteiger partial charge >= 0.3 is 11.4 Å². The Morgan fingerprint density at radius 1 is 0.750 bits per heavy atom. The quantitative estimate of drug-likeness (QED) is 0.300. The Kier molecular flexibility index (Phi) is 7.07. The second kappa shape index (κ2) is 9.70. The summed E-state index contributed by atoms with van der Waals surface area (Å²) in [6.07, 6.45) is 0. The second-order valence-electron chi connectivity index (χ2n) is 6.87. The van der Waals surface area contributed by atoms with Crippen molar-refractivity contribution in [3.63, 3.8) is 0 Å². The third-order valence-corrected chi connectivity index (χ3v) is 7.31. The Morgan fingerprint density at radius 3 is 1.64 bits per heavy atom. The molecule has 0 saturated heterocycles. The van der Waals surface area contributed by atoms with E-state index < -0.39 is 68.4 Å². The molecule has 0 saturated carbocycles. The molecule has 0 amide bonds. The Morgan fingerprint density at radius 2 is 1.22 bits per heavy atom. The van der Waals surface area contributed by atoms with Crippen molar-refractivity contribution in [2.24, 2.45) is 0 Å². The van der Waals surface area contributed by atoms with E-state index in [-0.39, 0.29) is 11.4 Å². The van der Waals surface area contributed by atoms with E-state index in [1.54, 1.807) is 0 Å². The molecule has 0 aliphatic heterocycles. The molecular weight excluding hydrogens is 530 g/mol. The van der Waals surface area contributed by atoms with Gasteiger partial charge in [0.15, 0.2) is 0 Å². The fourth-order valence-corrected chi connectivity index (χ4v) is 5.29. The normalized spacial score (nSPS) is 11.5. The number of nitrogens with zero attached hydrogens (tertiary/aromatic N) is 2. The Labute approximate surface area is 201 Å². The smallest absolute Gasteiger partial charge is 0.304 e. The molecular formula is C19H14F2N4O9S2. The average molecular weight is 544 g/mol. The van der Waals surface area contributed by atoms with Crippen molar-refractivity contribution in [2.75, 3.05) is 16.6 Å². The molecule has 17 heteroatoms. The largest absolute Gasteiger partial charge is 0.495 e. The van der Waals surface area contributed by atoms with Crippen LogP contribution in [0.5, 0.6) is 5.75 Å². The van der Waals surface area contributed by atoms with E-state index in [1.807, 2.05) is 9.44 Å². The SMILES string of the molecule is COc1ccc(S(=O)(=O)Nc2ccc([N+](=O)[O-])c(F)c2)cc1S(=O)(=O)Nc1ccc([N+](=O)[O-])c(F)c1. The lowest BCUT2D eigenvalue weighted by Gasteiger charge is -2.14. The van der Waals surface area contributed by atoms with Gasteiger partial charge in [-0.05, 0) is 30.3 Å². The van der Waals surface area contributed by atoms with Crippen LogP contribution in [0.15, 0.2) is 64.4 Å². The zero-order valence-corrected chi connectivity index (χ0v) is 19.5. The minimum absolute atomic E-state index is 0.301. The van der Waals surface area contributed by atoms with E-state index >= 15 is 0 Å². The molecule has 0 radical (unpaired) electrons. The minimum atomic E-state index is -4.62. The summed E-state index contributed by atoms with van der Waals surface area (Å²) < 4.78 is 88.1. The van der Waals surface area contributed by atoms with Gasteiger partial charge in [0.05, 0.1) is 33.2 Å². The first-order chi connectivity index (χ1) is 16.7. The first kappa shape index (κ1) is 26.2. The molecule has 0 aromatic heterocycles. The number of anilines is 2. The van der Waals surface area contributed by atoms with Crippen LogP contribution in [-0.2, 0) is 20.0 Å². The standard InChI is InChI=1S/C19H14F2N4O9S2/c1-34-18-7-4-13(35(30,31)22-11-2-5-16(24(26)27)14(20)8-11)10-19(18)36(32,33)23-12-3-6-17(25(28)29)15(21)9-12/h2-10,22-23H,1H3. The van der Waals surface area contributed by atoms with Gasteiger partial charge in [-0.25, -0.2) is 16.8 Å². The second-order valence-corrected chi connectivity index (χ2v) is 10.2. The van der Waals surface area contributed by atoms with Gasteiger partial charge in [0.25, 0.3) is 20.0 Å². The van der Waals surface area contributed by atoms with Crippen LogP contribution in [0.1, 0.15) is 0 Å². The van der Waals surface area contributed by atoms with Crippen LogP contribution in [0.4, 0.5) is 31.5 Å². The predicted octanol–water partition coefficient (Wildman–Crippen LogP) is 3.39. The lowest BCUT2D eigenvalue weighted by molar-refractivity contribution is -0.387. The van der Waals surface area contributed by atoms with Crippen LogP contribution in [0, 0.1) is 31.9 Å². The highest BCUT2D eigenvalue weighted by molar-refractivity contribution is 7.93. The number of hydrogen-bond acceptors (Lipinski definition) is 9. The molecule has 0 spiro atoms. The van der Waals surface area contributed by atoms with E-state index in [0.717, 1.165) is 43.5 Å². The third kappa shape index (κ3) is 5.47. The summed E-state index contributed by atoms with van der Waals surface area (Å²) in [5.74, 6) is -2.93. The third-order valence-electron chi connectivity index (χ3n) is 4.53. The van der Waals surface area contributed by atoms with Gasteiger partial charge in [-0.1, -0.05) is 0 Å². The number of nitro groups is 2. The maximum Gasteiger partial charge on any atom is 0.304 e. The van der Waals surface area contributed by atoms with Gasteiger partial charge in [-0.3, -0.25) is 29.7 Å². The summed E-state index contributed by atoms with van der Waals surface area (Å²) in [6.45, 7) is 0. The molecule has 0 atom stereocenters. The number of hydrogen-bond donors (Lipinski definition) is 2. The molecule has 2 N–H and O–H groups in total. The zero-order chi connectivity index (χ0) is 26.8. The fourth-order valence-electron chi connectivity index (χ4n) is 2.90. The van der Waals surface area contributed by atoms with Crippen LogP contribution >= 0.6 is 0 Å². The molecule has 3 rings (SSSR count). The first-order valence-corrected chi connectivity index (χ1v) is 12.3. The van der Waals surface area contributed by atoms with E-state index in [1.165, 1.54) is 0 Å². The van der Waals surface area contributed by atoms with Gasteiger partial charge < -0.3 is 4.74 Å². The number of nitro benzene ring substituents is 2. The van der Waals surface area contributed by atoms with Crippen LogP contribution in [-0.4, -0.2) is 33.8 Å². The summed E-state index contributed by atoms with van der Waals surface area (Å²) in [6, 6.07) is 7.16. The molecule has 0 bridgehead atoms. The Bertz CT molecular complexity index is 1600. The monoisotopic (exact) mass is 544 g/mol. The van der Waals surface area contributed by atoms with E-state index in [9.17, 15) is 45.8 Å². The molecule has 0 unspecified atom stereocenters. The van der Waals surface area contributed by atoms with Gasteiger partial charge in [-0.15, -0.1) is 0 Å². The van der Waals surface area contributed by atoms with Crippen molar-refractivity contribution in [1.29, 1.82) is 0 Å². The van der Waals surface area contributed by atoms with E-state index in [2.05, 4.69) is 0 Å². The lowest BCUT2D eigenvalue weighted by atomic mass is 10.3. The number of methoxy groups -OCH3 is 1. The highest BCUT2D eigenvalue weighted by atomic mass is 32.2. The molecule has 0 fully saturated rings. The predicted molar refractivity (Wildman–Crippen MR) is 121 cm³/mol. The maximum atomic E-state index is 13.9. The number of ether oxygens (including phenoxy) is 1. The van der Waals surface area contributed by atoms with E-state index in [0.29, 0.717) is 18.2 Å². The number of rotatable bonds is 9. The number of nitrogens with one attached hydrogen (secondary N) is 2. The zero-order valence-electron chi connectivity index (χ0n) is 17.8. The van der Waals surface area contributed by atoms with Gasteiger partial charge in [0.2, 0.25) is 11.6 Å². The number of benzene rings is 3. The summed E-state index contributed by atoms with van der Waals surface area (Å²) in [5, 5.41) is 21.5. The summed E-state index contributed by atoms with van der Waals surface area (Å²) >= 11 is 0. The number of halogens is 2. The van der Waals surface area contributed by atoms with Gasteiger partial charge in [0.1, 0.15) is 10.6 Å². The van der Waals surface area contributed by atoms with Crippen molar-refractivity contribution >= 4 is 42.8 Å². The summed E-state index contributed by atoms with van der Waals surface area (Å²) in [4.78, 5) is 18.2. The molecule has 0 aliphatic rings. The molecule has 0 aliphatic carbocycles. The van der Waals surface area contributed by atoms with Crippen molar-refractivity contribution in [1.82, 2.24) is 0 Å². The Hall–Kier alpha value is -4.38. The molecule has 0 heterocycles. The first-order valence-electron chi connectivity index (χ1n) is 9.37. The maximum absolute atomic E-state index is 13.9. The lowest BCUT2D eigenvalue weighted by Crippen LogP contribution is -2.17. The topological polar surface area (TPSA) is 188 Å². The number of sulfonamides is 2. The van der Waals surface area contributed by atoms with Crippen LogP contribution < -0.4 is 14.2 Å². The molecule has 190 valence electrons.